The number of anilines is 1. The quantitative estimate of drug-likeness (QED) is 0.652. The molecule has 0 aliphatic heterocycles. The Bertz CT molecular complexity index is 832. The summed E-state index contributed by atoms with van der Waals surface area (Å²) in [6.07, 6.45) is 0.243. The van der Waals surface area contributed by atoms with Crippen molar-refractivity contribution >= 4 is 22.9 Å². The molecule has 0 radical (unpaired) electrons. The second kappa shape index (κ2) is 9.12. The van der Waals surface area contributed by atoms with E-state index in [-0.39, 0.29) is 12.3 Å². The van der Waals surface area contributed by atoms with Crippen LogP contribution in [0, 0.1) is 0 Å². The highest BCUT2D eigenvalue weighted by atomic mass is 32.1. The number of nitrogens with zero attached hydrogens (tertiary/aromatic N) is 1. The van der Waals surface area contributed by atoms with E-state index in [0.717, 1.165) is 27.7 Å². The van der Waals surface area contributed by atoms with Crippen molar-refractivity contribution in [2.24, 2.45) is 0 Å². The van der Waals surface area contributed by atoms with Gasteiger partial charge in [-0.2, -0.15) is 0 Å². The average Bonchev–Trinajstić information content (AvgIpc) is 3.09. The van der Waals surface area contributed by atoms with E-state index in [1.807, 2.05) is 60.0 Å². The summed E-state index contributed by atoms with van der Waals surface area (Å²) in [5, 5.41) is 5.63. The fourth-order valence-corrected chi connectivity index (χ4v) is 3.13. The van der Waals surface area contributed by atoms with Crippen molar-refractivity contribution in [3.63, 3.8) is 0 Å². The van der Waals surface area contributed by atoms with Crippen molar-refractivity contribution in [1.82, 2.24) is 4.98 Å². The summed E-state index contributed by atoms with van der Waals surface area (Å²) >= 11 is 1.50. The molecule has 0 bridgehead atoms. The lowest BCUT2D eigenvalue weighted by atomic mass is 10.2. The molecule has 1 amide bonds. The maximum atomic E-state index is 12.1. The molecule has 3 rings (SSSR count). The summed E-state index contributed by atoms with van der Waals surface area (Å²) < 4.78 is 10.8. The number of thiazole rings is 1. The molecule has 6 heteroatoms. The first-order valence-corrected chi connectivity index (χ1v) is 9.10. The second-order valence-electron chi connectivity index (χ2n) is 5.69. The smallest absolute Gasteiger partial charge is 0.230 e. The Labute approximate surface area is 156 Å². The maximum Gasteiger partial charge on any atom is 0.230 e. The van der Waals surface area contributed by atoms with E-state index in [1.54, 1.807) is 7.11 Å². The Morgan fingerprint density at radius 3 is 2.58 bits per heavy atom. The minimum absolute atomic E-state index is 0.0998. The lowest BCUT2D eigenvalue weighted by Crippen LogP contribution is -2.14. The third kappa shape index (κ3) is 5.40. The molecule has 0 aliphatic carbocycles. The van der Waals surface area contributed by atoms with Gasteiger partial charge in [0.2, 0.25) is 5.91 Å². The van der Waals surface area contributed by atoms with Gasteiger partial charge in [0.15, 0.2) is 0 Å². The Morgan fingerprint density at radius 2 is 1.85 bits per heavy atom. The molecule has 5 nitrogen and oxygen atoms in total. The zero-order chi connectivity index (χ0) is 18.2. The lowest BCUT2D eigenvalue weighted by molar-refractivity contribution is -0.115. The van der Waals surface area contributed by atoms with Gasteiger partial charge in [0, 0.05) is 18.2 Å². The van der Waals surface area contributed by atoms with E-state index in [1.165, 1.54) is 11.3 Å². The monoisotopic (exact) mass is 368 g/mol. The van der Waals surface area contributed by atoms with Gasteiger partial charge in [-0.25, -0.2) is 4.98 Å². The van der Waals surface area contributed by atoms with Gasteiger partial charge in [0.25, 0.3) is 0 Å². The predicted octanol–water partition coefficient (Wildman–Crippen LogP) is 4.05. The van der Waals surface area contributed by atoms with Crippen molar-refractivity contribution in [2.75, 3.05) is 12.4 Å². The highest BCUT2D eigenvalue weighted by Gasteiger charge is 2.08. The number of amides is 1. The van der Waals surface area contributed by atoms with Gasteiger partial charge in [-0.1, -0.05) is 30.3 Å². The number of ether oxygens (including phenoxy) is 2. The standard InChI is InChI=1S/C20H20N2O3S/c1-24-13-20-22-17(14-26-20)11-19(23)21-16-7-9-18(10-8-16)25-12-15-5-3-2-4-6-15/h2-10,14H,11-13H2,1H3,(H,21,23). The molecule has 0 fully saturated rings. The Morgan fingerprint density at radius 1 is 1.08 bits per heavy atom. The predicted molar refractivity (Wildman–Crippen MR) is 102 cm³/mol. The number of hydrogen-bond donors (Lipinski definition) is 1. The number of carbonyl (C=O) groups excluding carboxylic acids is 1. The summed E-state index contributed by atoms with van der Waals surface area (Å²) in [7, 11) is 1.63. The molecule has 0 unspecified atom stereocenters. The zero-order valence-corrected chi connectivity index (χ0v) is 15.3. The van der Waals surface area contributed by atoms with Crippen LogP contribution in [0.1, 0.15) is 16.3 Å². The van der Waals surface area contributed by atoms with E-state index in [0.29, 0.717) is 13.2 Å². The first-order valence-electron chi connectivity index (χ1n) is 8.22. The molecule has 2 aromatic carbocycles. The minimum Gasteiger partial charge on any atom is -0.489 e. The number of nitrogens with one attached hydrogen (secondary N) is 1. The number of rotatable bonds is 8. The normalized spacial score (nSPS) is 10.5. The van der Waals surface area contributed by atoms with Gasteiger partial charge < -0.3 is 14.8 Å². The molecule has 3 aromatic rings. The first-order chi connectivity index (χ1) is 12.7. The van der Waals surface area contributed by atoms with Crippen molar-refractivity contribution < 1.29 is 14.3 Å². The third-order valence-electron chi connectivity index (χ3n) is 3.60. The number of aromatic nitrogens is 1. The molecule has 1 aromatic heterocycles. The number of carbonyl (C=O) groups is 1. The average molecular weight is 368 g/mol. The molecular weight excluding hydrogens is 348 g/mol. The molecule has 1 N–H and O–H groups in total. The fourth-order valence-electron chi connectivity index (χ4n) is 2.36. The summed E-state index contributed by atoms with van der Waals surface area (Å²) in [5.41, 5.74) is 2.60. The summed E-state index contributed by atoms with van der Waals surface area (Å²) in [6, 6.07) is 17.3. The van der Waals surface area contributed by atoms with Crippen LogP contribution >= 0.6 is 11.3 Å². The van der Waals surface area contributed by atoms with Crippen LogP contribution in [0.25, 0.3) is 0 Å². The summed E-state index contributed by atoms with van der Waals surface area (Å²) in [5.74, 6) is 0.660. The first kappa shape index (κ1) is 18.1. The largest absolute Gasteiger partial charge is 0.489 e. The maximum absolute atomic E-state index is 12.1. The van der Waals surface area contributed by atoms with Crippen LogP contribution in [-0.2, 0) is 29.2 Å². The van der Waals surface area contributed by atoms with Gasteiger partial charge >= 0.3 is 0 Å². The topological polar surface area (TPSA) is 60.5 Å². The van der Waals surface area contributed by atoms with Crippen molar-refractivity contribution in [3.8, 4) is 5.75 Å². The second-order valence-corrected chi connectivity index (χ2v) is 6.63. The SMILES string of the molecule is COCc1nc(CC(=O)Nc2ccc(OCc3ccccc3)cc2)cs1. The highest BCUT2D eigenvalue weighted by molar-refractivity contribution is 7.09. The number of benzene rings is 2. The lowest BCUT2D eigenvalue weighted by Gasteiger charge is -2.08. The molecule has 0 saturated carbocycles. The van der Waals surface area contributed by atoms with E-state index in [4.69, 9.17) is 9.47 Å². The van der Waals surface area contributed by atoms with Gasteiger partial charge in [-0.05, 0) is 29.8 Å². The van der Waals surface area contributed by atoms with Gasteiger partial charge in [-0.3, -0.25) is 4.79 Å². The molecule has 0 aliphatic rings. The van der Waals surface area contributed by atoms with E-state index < -0.39 is 0 Å². The highest BCUT2D eigenvalue weighted by Crippen LogP contribution is 2.18. The van der Waals surface area contributed by atoms with Gasteiger partial charge in [0.05, 0.1) is 18.7 Å². The summed E-state index contributed by atoms with van der Waals surface area (Å²) in [6.45, 7) is 0.983. The van der Waals surface area contributed by atoms with Crippen LogP contribution in [0.15, 0.2) is 60.0 Å². The minimum atomic E-state index is -0.0998. The fraction of sp³-hybridized carbons (Fsp3) is 0.200. The molecule has 134 valence electrons. The molecule has 0 spiro atoms. The molecular formula is C20H20N2O3S. The van der Waals surface area contributed by atoms with Crippen molar-refractivity contribution in [3.05, 3.63) is 76.2 Å². The van der Waals surface area contributed by atoms with E-state index in [2.05, 4.69) is 10.3 Å². The number of hydrogen-bond acceptors (Lipinski definition) is 5. The van der Waals surface area contributed by atoms with Crippen LogP contribution in [0.4, 0.5) is 5.69 Å². The van der Waals surface area contributed by atoms with Crippen LogP contribution in [0.2, 0.25) is 0 Å². The summed E-state index contributed by atoms with van der Waals surface area (Å²) in [4.78, 5) is 16.5. The van der Waals surface area contributed by atoms with E-state index in [9.17, 15) is 4.79 Å². The van der Waals surface area contributed by atoms with Crippen molar-refractivity contribution in [1.29, 1.82) is 0 Å². The Kier molecular flexibility index (Phi) is 6.35. The molecule has 0 saturated heterocycles. The number of methoxy groups -OCH3 is 1. The van der Waals surface area contributed by atoms with Crippen LogP contribution in [-0.4, -0.2) is 18.0 Å². The zero-order valence-electron chi connectivity index (χ0n) is 14.5. The Hall–Kier alpha value is -2.70. The van der Waals surface area contributed by atoms with E-state index >= 15 is 0 Å². The van der Waals surface area contributed by atoms with Crippen LogP contribution in [0.5, 0.6) is 5.75 Å². The molecule has 0 atom stereocenters. The van der Waals surface area contributed by atoms with Crippen LogP contribution < -0.4 is 10.1 Å². The molecule has 1 heterocycles. The van der Waals surface area contributed by atoms with Crippen LogP contribution in [0.3, 0.4) is 0 Å². The van der Waals surface area contributed by atoms with Crippen molar-refractivity contribution in [2.45, 2.75) is 19.6 Å². The Balaban J connectivity index is 1.49. The van der Waals surface area contributed by atoms with Gasteiger partial charge in [-0.15, -0.1) is 11.3 Å². The molecule has 26 heavy (non-hydrogen) atoms. The third-order valence-corrected chi connectivity index (χ3v) is 4.47. The van der Waals surface area contributed by atoms with Gasteiger partial charge in [0.1, 0.15) is 17.4 Å².